The van der Waals surface area contributed by atoms with Crippen LogP contribution in [0.25, 0.3) is 33.3 Å². The quantitative estimate of drug-likeness (QED) is 0.363. The number of aliphatic hydroxyl groups is 1. The predicted molar refractivity (Wildman–Crippen MR) is 135 cm³/mol. The molecule has 0 bridgehead atoms. The molecule has 1 amide bonds. The summed E-state index contributed by atoms with van der Waals surface area (Å²) < 4.78 is 0. The van der Waals surface area contributed by atoms with E-state index >= 15 is 0 Å². The van der Waals surface area contributed by atoms with Crippen molar-refractivity contribution in [3.05, 3.63) is 84.2 Å². The maximum Gasteiger partial charge on any atom is 0.405 e. The minimum absolute atomic E-state index is 0.267. The Bertz CT molecular complexity index is 1520. The van der Waals surface area contributed by atoms with Crippen LogP contribution in [0.5, 0.6) is 0 Å². The number of amides is 1. The van der Waals surface area contributed by atoms with Crippen molar-refractivity contribution in [2.75, 3.05) is 0 Å². The molecule has 2 aromatic heterocycles. The van der Waals surface area contributed by atoms with Crippen molar-refractivity contribution < 1.29 is 15.0 Å². The van der Waals surface area contributed by atoms with Crippen LogP contribution in [-0.4, -0.2) is 31.9 Å². The Hall–Kier alpha value is -4.28. The number of pyridine rings is 2. The maximum atomic E-state index is 11.6. The Labute approximate surface area is 208 Å². The Kier molecular flexibility index (Phi) is 5.02. The van der Waals surface area contributed by atoms with E-state index in [0.717, 1.165) is 40.8 Å². The number of rotatable bonds is 5. The van der Waals surface area contributed by atoms with E-state index in [-0.39, 0.29) is 5.92 Å². The largest absolute Gasteiger partial charge is 0.465 e. The van der Waals surface area contributed by atoms with Crippen LogP contribution < -0.4 is 5.32 Å². The molecule has 6 rings (SSSR count). The van der Waals surface area contributed by atoms with Crippen molar-refractivity contribution in [2.24, 2.45) is 5.92 Å². The highest BCUT2D eigenvalue weighted by molar-refractivity contribution is 5.93. The Morgan fingerprint density at radius 2 is 1.75 bits per heavy atom. The summed E-state index contributed by atoms with van der Waals surface area (Å²) in [6, 6.07) is 23.5. The molecule has 0 aliphatic heterocycles. The van der Waals surface area contributed by atoms with Gasteiger partial charge in [-0.2, -0.15) is 5.26 Å². The zero-order chi connectivity index (χ0) is 24.9. The standard InChI is InChI=1S/C29H24N4O3/c30-15-25-23-14-22(18-4-2-1-3-5-18)26(32-24(23)12-13-31-25)19-6-8-20(9-7-19)28(33-27(34)35)16-29(36,17-28)21-10-11-21/h1-9,12-14,21,33,36H,10-11,16-17H2,(H,34,35)/t28-,29+. The summed E-state index contributed by atoms with van der Waals surface area (Å²) in [6.07, 6.45) is 3.24. The van der Waals surface area contributed by atoms with E-state index < -0.39 is 17.2 Å². The average molecular weight is 477 g/mol. The van der Waals surface area contributed by atoms with Crippen LogP contribution in [0.3, 0.4) is 0 Å². The topological polar surface area (TPSA) is 119 Å². The molecule has 2 fully saturated rings. The average Bonchev–Trinajstić information content (AvgIpc) is 3.73. The normalized spacial score (nSPS) is 23.0. The van der Waals surface area contributed by atoms with Crippen LogP contribution in [0.4, 0.5) is 4.79 Å². The van der Waals surface area contributed by atoms with E-state index in [0.29, 0.717) is 29.4 Å². The van der Waals surface area contributed by atoms with Gasteiger partial charge in [-0.25, -0.2) is 14.8 Å². The van der Waals surface area contributed by atoms with Crippen LogP contribution in [0, 0.1) is 17.2 Å². The van der Waals surface area contributed by atoms with Crippen molar-refractivity contribution in [1.29, 1.82) is 5.26 Å². The van der Waals surface area contributed by atoms with E-state index in [1.54, 1.807) is 12.3 Å². The fourth-order valence-corrected chi connectivity index (χ4v) is 5.66. The molecular weight excluding hydrogens is 452 g/mol. The summed E-state index contributed by atoms with van der Waals surface area (Å²) in [4.78, 5) is 20.7. The number of carbonyl (C=O) groups is 1. The summed E-state index contributed by atoms with van der Waals surface area (Å²) >= 11 is 0. The van der Waals surface area contributed by atoms with Gasteiger partial charge in [-0.1, -0.05) is 54.6 Å². The second kappa shape index (κ2) is 8.14. The Morgan fingerprint density at radius 3 is 2.39 bits per heavy atom. The van der Waals surface area contributed by atoms with E-state index in [4.69, 9.17) is 4.98 Å². The number of carboxylic acid groups (broad SMARTS) is 1. The van der Waals surface area contributed by atoms with Crippen molar-refractivity contribution >= 4 is 17.0 Å². The molecule has 3 N–H and O–H groups in total. The van der Waals surface area contributed by atoms with Crippen LogP contribution in [0.15, 0.2) is 72.9 Å². The molecule has 2 aromatic carbocycles. The second-order valence-corrected chi connectivity index (χ2v) is 9.91. The summed E-state index contributed by atoms with van der Waals surface area (Å²) in [7, 11) is 0. The first-order valence-electron chi connectivity index (χ1n) is 12.0. The van der Waals surface area contributed by atoms with Crippen LogP contribution in [0.1, 0.15) is 36.9 Å². The molecule has 2 heterocycles. The van der Waals surface area contributed by atoms with Crippen molar-refractivity contribution in [2.45, 2.75) is 36.8 Å². The fraction of sp³-hybridized carbons (Fsp3) is 0.241. The summed E-state index contributed by atoms with van der Waals surface area (Å²) in [5.74, 6) is 0.267. The van der Waals surface area contributed by atoms with Gasteiger partial charge in [-0.15, -0.1) is 0 Å². The third kappa shape index (κ3) is 3.67. The summed E-state index contributed by atoms with van der Waals surface area (Å²) in [5, 5.41) is 33.4. The molecule has 0 unspecified atom stereocenters. The van der Waals surface area contributed by atoms with Gasteiger partial charge in [0.05, 0.1) is 22.4 Å². The summed E-state index contributed by atoms with van der Waals surface area (Å²) in [6.45, 7) is 0. The second-order valence-electron chi connectivity index (χ2n) is 9.91. The van der Waals surface area contributed by atoms with Crippen molar-refractivity contribution in [3.63, 3.8) is 0 Å². The minimum Gasteiger partial charge on any atom is -0.465 e. The van der Waals surface area contributed by atoms with E-state index in [2.05, 4.69) is 16.4 Å². The van der Waals surface area contributed by atoms with Gasteiger partial charge >= 0.3 is 6.09 Å². The van der Waals surface area contributed by atoms with Gasteiger partial charge in [0.1, 0.15) is 11.8 Å². The Balaban J connectivity index is 1.43. The number of nitrogens with zero attached hydrogens (tertiary/aromatic N) is 3. The van der Waals surface area contributed by atoms with Gasteiger partial charge in [0.2, 0.25) is 0 Å². The van der Waals surface area contributed by atoms with Gasteiger partial charge in [0, 0.05) is 35.6 Å². The van der Waals surface area contributed by atoms with Gasteiger partial charge in [0.15, 0.2) is 0 Å². The molecule has 2 saturated carbocycles. The highest BCUT2D eigenvalue weighted by Crippen LogP contribution is 2.58. The number of hydrogen-bond acceptors (Lipinski definition) is 5. The third-order valence-electron chi connectivity index (χ3n) is 7.54. The fourth-order valence-electron chi connectivity index (χ4n) is 5.66. The van der Waals surface area contributed by atoms with Gasteiger partial charge < -0.3 is 15.5 Å². The molecule has 178 valence electrons. The Morgan fingerprint density at radius 1 is 1.03 bits per heavy atom. The number of fused-ring (bicyclic) bond motifs is 1. The lowest BCUT2D eigenvalue weighted by atomic mass is 9.59. The predicted octanol–water partition coefficient (Wildman–Crippen LogP) is 5.23. The molecule has 0 spiro atoms. The molecule has 0 radical (unpaired) electrons. The minimum atomic E-state index is -1.10. The molecule has 0 saturated heterocycles. The maximum absolute atomic E-state index is 11.6. The monoisotopic (exact) mass is 476 g/mol. The zero-order valence-electron chi connectivity index (χ0n) is 19.5. The SMILES string of the molecule is N#Cc1nccc2nc(-c3ccc([C@]4(NC(=O)O)C[C@](O)(C5CC5)C4)cc3)c(-c3ccccc3)cc12. The lowest BCUT2D eigenvalue weighted by Gasteiger charge is -2.54. The third-order valence-corrected chi connectivity index (χ3v) is 7.54. The van der Waals surface area contributed by atoms with Crippen LogP contribution >= 0.6 is 0 Å². The van der Waals surface area contributed by atoms with Crippen LogP contribution in [-0.2, 0) is 5.54 Å². The number of aromatic nitrogens is 2. The van der Waals surface area contributed by atoms with Crippen molar-refractivity contribution in [3.8, 4) is 28.5 Å². The van der Waals surface area contributed by atoms with E-state index in [1.165, 1.54) is 0 Å². The van der Waals surface area contributed by atoms with Crippen molar-refractivity contribution in [1.82, 2.24) is 15.3 Å². The molecule has 2 aliphatic rings. The summed E-state index contributed by atoms with van der Waals surface area (Å²) in [5.41, 5.74) is 3.73. The molecule has 4 aromatic rings. The molecule has 7 nitrogen and oxygen atoms in total. The smallest absolute Gasteiger partial charge is 0.405 e. The first-order chi connectivity index (χ1) is 17.4. The highest BCUT2D eigenvalue weighted by atomic mass is 16.4. The molecule has 7 heteroatoms. The van der Waals surface area contributed by atoms with Gasteiger partial charge in [-0.05, 0) is 42.0 Å². The van der Waals surface area contributed by atoms with Crippen LogP contribution in [0.2, 0.25) is 0 Å². The lowest BCUT2D eigenvalue weighted by molar-refractivity contribution is -0.116. The number of nitrogens with one attached hydrogen (secondary N) is 1. The molecule has 36 heavy (non-hydrogen) atoms. The van der Waals surface area contributed by atoms with E-state index in [1.807, 2.05) is 60.7 Å². The zero-order valence-corrected chi connectivity index (χ0v) is 19.5. The van der Waals surface area contributed by atoms with Gasteiger partial charge in [-0.3, -0.25) is 0 Å². The van der Waals surface area contributed by atoms with Gasteiger partial charge in [0.25, 0.3) is 0 Å². The number of benzene rings is 2. The molecule has 2 aliphatic carbocycles. The van der Waals surface area contributed by atoms with E-state index in [9.17, 15) is 20.3 Å². The first kappa shape index (κ1) is 22.2. The molecular formula is C29H24N4O3. The highest BCUT2D eigenvalue weighted by Gasteiger charge is 2.61. The first-order valence-corrected chi connectivity index (χ1v) is 12.0. The molecule has 0 atom stereocenters. The number of nitriles is 1. The number of hydrogen-bond donors (Lipinski definition) is 3. The lowest BCUT2D eigenvalue weighted by Crippen LogP contribution is -2.63.